The van der Waals surface area contributed by atoms with Crippen molar-refractivity contribution in [3.8, 4) is 0 Å². The summed E-state index contributed by atoms with van der Waals surface area (Å²) in [6.07, 6.45) is 10.3. The molecule has 2 N–H and O–H groups in total. The average Bonchev–Trinajstić information content (AvgIpc) is 2.29. The maximum Gasteiger partial charge on any atom is 0.469 e. The normalized spacial score (nSPS) is 14.4. The summed E-state index contributed by atoms with van der Waals surface area (Å²) in [6.45, 7) is 8.73. The van der Waals surface area contributed by atoms with Gasteiger partial charge >= 0.3 is 7.82 Å². The standard InChI is InChI=1S/C16H35O4P/c1-5-6-7-8-9-10-12-15(20-21(17,18)19)13-11-14-16(2,3)4/h15H,5-14H2,1-4H3,(H2,17,18,19). The van der Waals surface area contributed by atoms with Gasteiger partial charge in [0.1, 0.15) is 0 Å². The maximum absolute atomic E-state index is 11.0. The lowest BCUT2D eigenvalue weighted by molar-refractivity contribution is 0.113. The van der Waals surface area contributed by atoms with Crippen molar-refractivity contribution in [2.75, 3.05) is 0 Å². The van der Waals surface area contributed by atoms with Gasteiger partial charge in [0, 0.05) is 0 Å². The Morgan fingerprint density at radius 3 is 2.00 bits per heavy atom. The van der Waals surface area contributed by atoms with Crippen molar-refractivity contribution in [2.45, 2.75) is 98.0 Å². The molecule has 0 rings (SSSR count). The Balaban J connectivity index is 4.00. The van der Waals surface area contributed by atoms with E-state index in [-0.39, 0.29) is 11.5 Å². The van der Waals surface area contributed by atoms with Gasteiger partial charge in [-0.2, -0.15) is 0 Å². The molecule has 0 fully saturated rings. The summed E-state index contributed by atoms with van der Waals surface area (Å²) in [6, 6.07) is 0. The zero-order valence-electron chi connectivity index (χ0n) is 14.3. The van der Waals surface area contributed by atoms with Crippen molar-refractivity contribution in [1.82, 2.24) is 0 Å². The van der Waals surface area contributed by atoms with Gasteiger partial charge in [-0.1, -0.05) is 72.6 Å². The van der Waals surface area contributed by atoms with E-state index in [9.17, 15) is 4.57 Å². The molecule has 4 nitrogen and oxygen atoms in total. The molecule has 1 atom stereocenters. The van der Waals surface area contributed by atoms with Gasteiger partial charge in [0.2, 0.25) is 0 Å². The highest BCUT2D eigenvalue weighted by molar-refractivity contribution is 7.46. The molecule has 5 heteroatoms. The summed E-state index contributed by atoms with van der Waals surface area (Å²) in [4.78, 5) is 18.0. The lowest BCUT2D eigenvalue weighted by Gasteiger charge is -2.22. The van der Waals surface area contributed by atoms with Crippen LogP contribution < -0.4 is 0 Å². The summed E-state index contributed by atoms with van der Waals surface area (Å²) in [5.41, 5.74) is 0.257. The van der Waals surface area contributed by atoms with E-state index in [1.54, 1.807) is 0 Å². The van der Waals surface area contributed by atoms with Crippen molar-refractivity contribution >= 4 is 7.82 Å². The molecule has 0 aromatic carbocycles. The van der Waals surface area contributed by atoms with Gasteiger partial charge in [-0.3, -0.25) is 4.52 Å². The van der Waals surface area contributed by atoms with Crippen LogP contribution in [0.1, 0.15) is 91.9 Å². The van der Waals surface area contributed by atoms with Crippen molar-refractivity contribution in [3.63, 3.8) is 0 Å². The van der Waals surface area contributed by atoms with E-state index >= 15 is 0 Å². The Bertz CT molecular complexity index is 293. The van der Waals surface area contributed by atoms with E-state index in [0.717, 1.165) is 38.5 Å². The summed E-state index contributed by atoms with van der Waals surface area (Å²) >= 11 is 0. The smallest absolute Gasteiger partial charge is 0.303 e. The van der Waals surface area contributed by atoms with Crippen LogP contribution in [0.25, 0.3) is 0 Å². The predicted octanol–water partition coefficient (Wildman–Crippen LogP) is 5.43. The van der Waals surface area contributed by atoms with Gasteiger partial charge in [0.15, 0.2) is 0 Å². The summed E-state index contributed by atoms with van der Waals surface area (Å²) < 4.78 is 16.0. The highest BCUT2D eigenvalue weighted by atomic mass is 31.2. The Morgan fingerprint density at radius 1 is 0.952 bits per heavy atom. The van der Waals surface area contributed by atoms with E-state index in [4.69, 9.17) is 14.3 Å². The van der Waals surface area contributed by atoms with Crippen LogP contribution in [0.4, 0.5) is 0 Å². The first kappa shape index (κ1) is 21.1. The molecule has 21 heavy (non-hydrogen) atoms. The molecular formula is C16H35O4P. The second-order valence-electron chi connectivity index (χ2n) is 7.23. The third kappa shape index (κ3) is 16.3. The van der Waals surface area contributed by atoms with Crippen LogP contribution in [0.15, 0.2) is 0 Å². The second-order valence-corrected chi connectivity index (χ2v) is 8.42. The van der Waals surface area contributed by atoms with Crippen molar-refractivity contribution < 1.29 is 18.9 Å². The minimum atomic E-state index is -4.37. The van der Waals surface area contributed by atoms with Crippen LogP contribution in [0.5, 0.6) is 0 Å². The van der Waals surface area contributed by atoms with Gasteiger partial charge < -0.3 is 9.79 Å². The summed E-state index contributed by atoms with van der Waals surface area (Å²) in [5.74, 6) is 0. The molecule has 1 unspecified atom stereocenters. The number of rotatable bonds is 12. The molecule has 0 spiro atoms. The number of hydrogen-bond donors (Lipinski definition) is 2. The van der Waals surface area contributed by atoms with Crippen LogP contribution in [-0.2, 0) is 9.09 Å². The molecule has 0 radical (unpaired) electrons. The van der Waals surface area contributed by atoms with Crippen LogP contribution in [-0.4, -0.2) is 15.9 Å². The SMILES string of the molecule is CCCCCCCCC(CCCC(C)(C)C)OP(=O)(O)O. The zero-order chi connectivity index (χ0) is 16.4. The van der Waals surface area contributed by atoms with Crippen LogP contribution in [0, 0.1) is 5.41 Å². The Kier molecular flexibility index (Phi) is 10.8. The lowest BCUT2D eigenvalue weighted by Crippen LogP contribution is -2.13. The van der Waals surface area contributed by atoms with Crippen LogP contribution in [0.3, 0.4) is 0 Å². The molecule has 0 bridgehead atoms. The first-order valence-electron chi connectivity index (χ1n) is 8.38. The van der Waals surface area contributed by atoms with Gasteiger partial charge in [0.25, 0.3) is 0 Å². The van der Waals surface area contributed by atoms with E-state index < -0.39 is 7.82 Å². The molecule has 0 saturated heterocycles. The fourth-order valence-electron chi connectivity index (χ4n) is 2.46. The number of hydrogen-bond acceptors (Lipinski definition) is 2. The maximum atomic E-state index is 11.0. The minimum Gasteiger partial charge on any atom is -0.303 e. The first-order chi connectivity index (χ1) is 9.64. The lowest BCUT2D eigenvalue weighted by atomic mass is 9.89. The summed E-state index contributed by atoms with van der Waals surface area (Å²) in [7, 11) is -4.37. The molecule has 0 aliphatic heterocycles. The van der Waals surface area contributed by atoms with Crippen molar-refractivity contribution in [1.29, 1.82) is 0 Å². The highest BCUT2D eigenvalue weighted by Crippen LogP contribution is 2.40. The van der Waals surface area contributed by atoms with E-state index in [1.807, 2.05) is 0 Å². The molecule has 0 saturated carbocycles. The molecule has 0 aromatic heterocycles. The second kappa shape index (κ2) is 10.8. The third-order valence-corrected chi connectivity index (χ3v) is 4.19. The van der Waals surface area contributed by atoms with E-state index in [1.165, 1.54) is 25.7 Å². The van der Waals surface area contributed by atoms with Gasteiger partial charge in [-0.15, -0.1) is 0 Å². The van der Waals surface area contributed by atoms with E-state index in [2.05, 4.69) is 27.7 Å². The van der Waals surface area contributed by atoms with Crippen LogP contribution >= 0.6 is 7.82 Å². The van der Waals surface area contributed by atoms with Crippen molar-refractivity contribution in [2.24, 2.45) is 5.41 Å². The third-order valence-electron chi connectivity index (χ3n) is 3.62. The van der Waals surface area contributed by atoms with E-state index in [0.29, 0.717) is 0 Å². The number of phosphoric acid groups is 1. The monoisotopic (exact) mass is 322 g/mol. The predicted molar refractivity (Wildman–Crippen MR) is 88.2 cm³/mol. The van der Waals surface area contributed by atoms with Gasteiger partial charge in [0.05, 0.1) is 6.10 Å². The minimum absolute atomic E-state index is 0.257. The Hall–Kier alpha value is 0.110. The zero-order valence-corrected chi connectivity index (χ0v) is 15.2. The topological polar surface area (TPSA) is 66.8 Å². The highest BCUT2D eigenvalue weighted by Gasteiger charge is 2.22. The molecule has 0 heterocycles. The molecule has 128 valence electrons. The molecule has 0 aliphatic rings. The number of phosphoric ester groups is 1. The number of unbranched alkanes of at least 4 members (excludes halogenated alkanes) is 5. The van der Waals surface area contributed by atoms with Gasteiger partial charge in [-0.25, -0.2) is 4.57 Å². The largest absolute Gasteiger partial charge is 0.469 e. The quantitative estimate of drug-likeness (QED) is 0.371. The van der Waals surface area contributed by atoms with Crippen LogP contribution in [0.2, 0.25) is 0 Å². The first-order valence-corrected chi connectivity index (χ1v) is 9.91. The fraction of sp³-hybridized carbons (Fsp3) is 1.00. The van der Waals surface area contributed by atoms with Crippen molar-refractivity contribution in [3.05, 3.63) is 0 Å². The molecule has 0 aliphatic carbocycles. The fourth-order valence-corrected chi connectivity index (χ4v) is 3.06. The van der Waals surface area contributed by atoms with Gasteiger partial charge in [-0.05, 0) is 24.7 Å². The molecular weight excluding hydrogens is 287 g/mol. The molecule has 0 amide bonds. The average molecular weight is 322 g/mol. The molecule has 0 aromatic rings. The Morgan fingerprint density at radius 2 is 1.48 bits per heavy atom. The Labute approximate surface area is 130 Å². The summed E-state index contributed by atoms with van der Waals surface area (Å²) in [5, 5.41) is 0.